The van der Waals surface area contributed by atoms with Crippen molar-refractivity contribution in [2.24, 2.45) is 0 Å². The van der Waals surface area contributed by atoms with Crippen LogP contribution < -0.4 is 0 Å². The standard InChI is InChI=1S/C12H12BrNO2/c1-3-16-12(15)6-10-8(2)9(7-14)4-5-11(10)13/h4-5H,3,6H2,1-2H3. The minimum atomic E-state index is -0.276. The van der Waals surface area contributed by atoms with Crippen LogP contribution in [-0.4, -0.2) is 12.6 Å². The second-order valence-electron chi connectivity index (χ2n) is 3.29. The maximum atomic E-state index is 11.4. The molecule has 16 heavy (non-hydrogen) atoms. The molecule has 0 aromatic heterocycles. The monoisotopic (exact) mass is 281 g/mol. The van der Waals surface area contributed by atoms with Gasteiger partial charge in [-0.2, -0.15) is 5.26 Å². The van der Waals surface area contributed by atoms with Gasteiger partial charge in [-0.3, -0.25) is 4.79 Å². The van der Waals surface area contributed by atoms with Gasteiger partial charge >= 0.3 is 5.97 Å². The Balaban J connectivity index is 3.04. The molecular formula is C12H12BrNO2. The fraction of sp³-hybridized carbons (Fsp3) is 0.333. The maximum Gasteiger partial charge on any atom is 0.310 e. The first kappa shape index (κ1) is 12.7. The molecule has 1 rings (SSSR count). The molecule has 0 aliphatic carbocycles. The van der Waals surface area contributed by atoms with E-state index in [-0.39, 0.29) is 12.4 Å². The van der Waals surface area contributed by atoms with Gasteiger partial charge in [0.05, 0.1) is 24.7 Å². The summed E-state index contributed by atoms with van der Waals surface area (Å²) in [5.41, 5.74) is 2.23. The molecule has 0 saturated heterocycles. The van der Waals surface area contributed by atoms with Gasteiger partial charge in [-0.15, -0.1) is 0 Å². The van der Waals surface area contributed by atoms with E-state index in [9.17, 15) is 4.79 Å². The van der Waals surface area contributed by atoms with Crippen molar-refractivity contribution >= 4 is 21.9 Å². The molecule has 1 aromatic rings. The third kappa shape index (κ3) is 2.83. The zero-order valence-corrected chi connectivity index (χ0v) is 10.8. The summed E-state index contributed by atoms with van der Waals surface area (Å²) >= 11 is 3.37. The van der Waals surface area contributed by atoms with E-state index in [2.05, 4.69) is 22.0 Å². The van der Waals surface area contributed by atoms with E-state index in [0.29, 0.717) is 12.2 Å². The summed E-state index contributed by atoms with van der Waals surface area (Å²) in [7, 11) is 0. The number of nitriles is 1. The van der Waals surface area contributed by atoms with Gasteiger partial charge in [-0.1, -0.05) is 15.9 Å². The van der Waals surface area contributed by atoms with Crippen molar-refractivity contribution in [3.05, 3.63) is 33.3 Å². The predicted octanol–water partition coefficient (Wildman–Crippen LogP) is 2.73. The van der Waals surface area contributed by atoms with Gasteiger partial charge in [0.25, 0.3) is 0 Å². The van der Waals surface area contributed by atoms with Crippen molar-refractivity contribution in [1.29, 1.82) is 5.26 Å². The Hall–Kier alpha value is -1.34. The van der Waals surface area contributed by atoms with Crippen LogP contribution >= 0.6 is 15.9 Å². The number of esters is 1. The van der Waals surface area contributed by atoms with Gasteiger partial charge in [0.15, 0.2) is 0 Å². The third-order valence-electron chi connectivity index (χ3n) is 2.29. The second-order valence-corrected chi connectivity index (χ2v) is 4.15. The Morgan fingerprint density at radius 2 is 2.25 bits per heavy atom. The van der Waals surface area contributed by atoms with Crippen molar-refractivity contribution in [2.75, 3.05) is 6.61 Å². The SMILES string of the molecule is CCOC(=O)Cc1c(Br)ccc(C#N)c1C. The average Bonchev–Trinajstić information content (AvgIpc) is 2.25. The molecule has 0 atom stereocenters. The van der Waals surface area contributed by atoms with Crippen LogP contribution in [0.15, 0.2) is 16.6 Å². The van der Waals surface area contributed by atoms with Gasteiger partial charge in [0.2, 0.25) is 0 Å². The minimum absolute atomic E-state index is 0.190. The Kier molecular flexibility index (Phi) is 4.51. The van der Waals surface area contributed by atoms with Crippen LogP contribution in [0.4, 0.5) is 0 Å². The van der Waals surface area contributed by atoms with E-state index in [1.165, 1.54) is 0 Å². The zero-order chi connectivity index (χ0) is 12.1. The fourth-order valence-corrected chi connectivity index (χ4v) is 1.99. The molecule has 0 aliphatic heterocycles. The lowest BCUT2D eigenvalue weighted by molar-refractivity contribution is -0.142. The molecule has 0 saturated carbocycles. The zero-order valence-electron chi connectivity index (χ0n) is 9.21. The Morgan fingerprint density at radius 3 is 2.81 bits per heavy atom. The molecule has 0 N–H and O–H groups in total. The van der Waals surface area contributed by atoms with E-state index in [4.69, 9.17) is 10.00 Å². The number of halogens is 1. The first-order valence-electron chi connectivity index (χ1n) is 4.93. The topological polar surface area (TPSA) is 50.1 Å². The first-order chi connectivity index (χ1) is 7.60. The number of hydrogen-bond donors (Lipinski definition) is 0. The molecule has 0 unspecified atom stereocenters. The molecule has 0 heterocycles. The Morgan fingerprint density at radius 1 is 1.56 bits per heavy atom. The predicted molar refractivity (Wildman–Crippen MR) is 63.9 cm³/mol. The summed E-state index contributed by atoms with van der Waals surface area (Å²) in [5.74, 6) is -0.276. The van der Waals surface area contributed by atoms with Crippen LogP contribution in [0.25, 0.3) is 0 Å². The largest absolute Gasteiger partial charge is 0.466 e. The van der Waals surface area contributed by atoms with Crippen LogP contribution in [0.1, 0.15) is 23.6 Å². The lowest BCUT2D eigenvalue weighted by atomic mass is 10.0. The van der Waals surface area contributed by atoms with E-state index in [1.54, 1.807) is 19.1 Å². The highest BCUT2D eigenvalue weighted by Crippen LogP contribution is 2.24. The van der Waals surface area contributed by atoms with Gasteiger partial charge in [-0.05, 0) is 37.1 Å². The maximum absolute atomic E-state index is 11.4. The van der Waals surface area contributed by atoms with Gasteiger partial charge in [0, 0.05) is 4.47 Å². The van der Waals surface area contributed by atoms with E-state index in [0.717, 1.165) is 15.6 Å². The van der Waals surface area contributed by atoms with Crippen molar-refractivity contribution in [1.82, 2.24) is 0 Å². The second kappa shape index (κ2) is 5.66. The summed E-state index contributed by atoms with van der Waals surface area (Å²) in [4.78, 5) is 11.4. The normalized spacial score (nSPS) is 9.62. The van der Waals surface area contributed by atoms with Crippen LogP contribution in [0.5, 0.6) is 0 Å². The molecule has 0 fully saturated rings. The number of ether oxygens (including phenoxy) is 1. The molecule has 3 nitrogen and oxygen atoms in total. The molecule has 84 valence electrons. The smallest absolute Gasteiger partial charge is 0.310 e. The molecule has 0 aliphatic rings. The molecule has 0 bridgehead atoms. The number of benzene rings is 1. The van der Waals surface area contributed by atoms with E-state index in [1.807, 2.05) is 6.92 Å². The molecule has 0 spiro atoms. The van der Waals surface area contributed by atoms with Crippen molar-refractivity contribution in [3.63, 3.8) is 0 Å². The van der Waals surface area contributed by atoms with E-state index < -0.39 is 0 Å². The summed E-state index contributed by atoms with van der Waals surface area (Å²) < 4.78 is 5.72. The molecule has 0 amide bonds. The number of carbonyl (C=O) groups excluding carboxylic acids is 1. The summed E-state index contributed by atoms with van der Waals surface area (Å²) in [5, 5.41) is 8.89. The minimum Gasteiger partial charge on any atom is -0.466 e. The highest BCUT2D eigenvalue weighted by molar-refractivity contribution is 9.10. The van der Waals surface area contributed by atoms with Crippen LogP contribution in [0, 0.1) is 18.3 Å². The van der Waals surface area contributed by atoms with Crippen LogP contribution in [0.2, 0.25) is 0 Å². The summed E-state index contributed by atoms with van der Waals surface area (Å²) in [6.45, 7) is 3.97. The molecule has 4 heteroatoms. The van der Waals surface area contributed by atoms with Gasteiger partial charge in [0.1, 0.15) is 0 Å². The average molecular weight is 282 g/mol. The molecule has 1 aromatic carbocycles. The molecular weight excluding hydrogens is 270 g/mol. The Bertz CT molecular complexity index is 449. The van der Waals surface area contributed by atoms with Crippen LogP contribution in [0.3, 0.4) is 0 Å². The summed E-state index contributed by atoms with van der Waals surface area (Å²) in [6.07, 6.45) is 0.190. The van der Waals surface area contributed by atoms with Crippen molar-refractivity contribution in [2.45, 2.75) is 20.3 Å². The number of hydrogen-bond acceptors (Lipinski definition) is 3. The molecule has 0 radical (unpaired) electrons. The summed E-state index contributed by atoms with van der Waals surface area (Å²) in [6, 6.07) is 5.60. The third-order valence-corrected chi connectivity index (χ3v) is 3.03. The Labute approximate surface area is 103 Å². The van der Waals surface area contributed by atoms with Gasteiger partial charge in [-0.25, -0.2) is 0 Å². The first-order valence-corrected chi connectivity index (χ1v) is 5.73. The number of rotatable bonds is 3. The highest BCUT2D eigenvalue weighted by atomic mass is 79.9. The lowest BCUT2D eigenvalue weighted by Crippen LogP contribution is -2.09. The van der Waals surface area contributed by atoms with E-state index >= 15 is 0 Å². The van der Waals surface area contributed by atoms with Crippen molar-refractivity contribution < 1.29 is 9.53 Å². The lowest BCUT2D eigenvalue weighted by Gasteiger charge is -2.09. The highest BCUT2D eigenvalue weighted by Gasteiger charge is 2.12. The fourth-order valence-electron chi connectivity index (χ4n) is 1.42. The van der Waals surface area contributed by atoms with Crippen LogP contribution in [-0.2, 0) is 16.0 Å². The van der Waals surface area contributed by atoms with Gasteiger partial charge < -0.3 is 4.74 Å². The quantitative estimate of drug-likeness (QED) is 0.801. The number of nitrogens with zero attached hydrogens (tertiary/aromatic N) is 1. The van der Waals surface area contributed by atoms with Crippen molar-refractivity contribution in [3.8, 4) is 6.07 Å². The number of carbonyl (C=O) groups is 1.